The molecule has 1 aromatic rings. The van der Waals surface area contributed by atoms with Crippen LogP contribution in [0.25, 0.3) is 0 Å². The third-order valence-corrected chi connectivity index (χ3v) is 3.26. The van der Waals surface area contributed by atoms with Crippen LogP contribution in [0.3, 0.4) is 0 Å². The average Bonchev–Trinajstić information content (AvgIpc) is 2.34. The van der Waals surface area contributed by atoms with Gasteiger partial charge in [0.05, 0.1) is 16.3 Å². The third kappa shape index (κ3) is 2.31. The fraction of sp³-hybridized carbons (Fsp3) is 0.250. The van der Waals surface area contributed by atoms with Crippen molar-refractivity contribution in [2.75, 3.05) is 5.32 Å². The van der Waals surface area contributed by atoms with E-state index in [9.17, 15) is 14.0 Å². The molecular weight excluding hydrogens is 275 g/mol. The number of anilines is 1. The molecule has 0 atom stereocenters. The first-order chi connectivity index (χ1) is 8.95. The van der Waals surface area contributed by atoms with Crippen LogP contribution in [-0.2, 0) is 11.2 Å². The molecule has 1 aliphatic rings. The lowest BCUT2D eigenvalue weighted by Gasteiger charge is -2.20. The maximum atomic E-state index is 13.6. The van der Waals surface area contributed by atoms with E-state index in [1.165, 1.54) is 6.92 Å². The number of carbonyl (C=O) groups is 2. The van der Waals surface area contributed by atoms with Gasteiger partial charge in [-0.05, 0) is 18.1 Å². The summed E-state index contributed by atoms with van der Waals surface area (Å²) in [5.41, 5.74) is 0.403. The Morgan fingerprint density at radius 3 is 2.79 bits per heavy atom. The van der Waals surface area contributed by atoms with Crippen LogP contribution in [0, 0.1) is 5.82 Å². The second kappa shape index (κ2) is 4.97. The van der Waals surface area contributed by atoms with Gasteiger partial charge >= 0.3 is 0 Å². The number of nitrogens with zero attached hydrogens (tertiary/aromatic N) is 1. The lowest BCUT2D eigenvalue weighted by Crippen LogP contribution is -2.25. The number of hydrogen-bond acceptors (Lipinski definition) is 4. The number of benzene rings is 1. The van der Waals surface area contributed by atoms with E-state index in [0.29, 0.717) is 5.56 Å². The SMILES string of the molecule is CC(=O)Nc1cc(F)c(Cl)c2c1C(=O)/C(=N\O)CC2. The number of ketones is 1. The minimum atomic E-state index is -0.707. The van der Waals surface area contributed by atoms with Crippen LogP contribution in [-0.4, -0.2) is 22.6 Å². The van der Waals surface area contributed by atoms with Gasteiger partial charge in [-0.1, -0.05) is 16.8 Å². The van der Waals surface area contributed by atoms with Crippen molar-refractivity contribution >= 4 is 34.7 Å². The molecule has 0 heterocycles. The molecule has 100 valence electrons. The highest BCUT2D eigenvalue weighted by Gasteiger charge is 2.30. The summed E-state index contributed by atoms with van der Waals surface area (Å²) in [5, 5.41) is 13.9. The molecule has 2 N–H and O–H groups in total. The van der Waals surface area contributed by atoms with Gasteiger partial charge in [-0.15, -0.1) is 0 Å². The van der Waals surface area contributed by atoms with Crippen molar-refractivity contribution in [2.45, 2.75) is 19.8 Å². The molecule has 0 saturated heterocycles. The minimum Gasteiger partial charge on any atom is -0.411 e. The summed E-state index contributed by atoms with van der Waals surface area (Å²) in [4.78, 5) is 23.2. The van der Waals surface area contributed by atoms with Crippen LogP contribution in [0.4, 0.5) is 10.1 Å². The molecule has 5 nitrogen and oxygen atoms in total. The molecule has 0 bridgehead atoms. The molecule has 0 radical (unpaired) electrons. The molecule has 2 rings (SSSR count). The van der Waals surface area contributed by atoms with Crippen LogP contribution in [0.5, 0.6) is 0 Å². The normalized spacial score (nSPS) is 16.4. The summed E-state index contributed by atoms with van der Waals surface area (Å²) in [7, 11) is 0. The number of carbonyl (C=O) groups excluding carboxylic acids is 2. The Bertz CT molecular complexity index is 613. The zero-order chi connectivity index (χ0) is 14.2. The molecule has 0 saturated carbocycles. The summed E-state index contributed by atoms with van der Waals surface area (Å²) >= 11 is 5.83. The maximum absolute atomic E-state index is 13.6. The highest BCUT2D eigenvalue weighted by molar-refractivity contribution is 6.49. The molecule has 0 aliphatic heterocycles. The Morgan fingerprint density at radius 2 is 2.21 bits per heavy atom. The zero-order valence-corrected chi connectivity index (χ0v) is 10.7. The van der Waals surface area contributed by atoms with E-state index in [0.717, 1.165) is 6.07 Å². The van der Waals surface area contributed by atoms with Gasteiger partial charge in [-0.25, -0.2) is 4.39 Å². The van der Waals surface area contributed by atoms with Crippen molar-refractivity contribution < 1.29 is 19.2 Å². The fourth-order valence-corrected chi connectivity index (χ4v) is 2.30. The summed E-state index contributed by atoms with van der Waals surface area (Å²) in [5.74, 6) is -1.71. The number of nitrogens with one attached hydrogen (secondary N) is 1. The van der Waals surface area contributed by atoms with Gasteiger partial charge in [0, 0.05) is 13.3 Å². The molecule has 19 heavy (non-hydrogen) atoms. The highest BCUT2D eigenvalue weighted by atomic mass is 35.5. The van der Waals surface area contributed by atoms with E-state index < -0.39 is 17.5 Å². The van der Waals surface area contributed by atoms with E-state index in [-0.39, 0.29) is 34.8 Å². The third-order valence-electron chi connectivity index (χ3n) is 2.85. The molecule has 1 aromatic carbocycles. The smallest absolute Gasteiger partial charge is 0.221 e. The van der Waals surface area contributed by atoms with Crippen LogP contribution in [0.15, 0.2) is 11.2 Å². The first kappa shape index (κ1) is 13.5. The number of Topliss-reactive ketones (excluding diaryl/α,β-unsaturated/α-hetero) is 1. The Labute approximate surface area is 113 Å². The number of rotatable bonds is 1. The Hall–Kier alpha value is -1.95. The lowest BCUT2D eigenvalue weighted by molar-refractivity contribution is -0.114. The van der Waals surface area contributed by atoms with Crippen molar-refractivity contribution in [3.8, 4) is 0 Å². The van der Waals surface area contributed by atoms with Crippen LogP contribution in [0.1, 0.15) is 29.3 Å². The molecule has 0 fully saturated rings. The number of hydrogen-bond donors (Lipinski definition) is 2. The summed E-state index contributed by atoms with van der Waals surface area (Å²) in [6.07, 6.45) is 0.439. The van der Waals surface area contributed by atoms with E-state index in [1.54, 1.807) is 0 Å². The van der Waals surface area contributed by atoms with Gasteiger partial charge in [0.15, 0.2) is 0 Å². The fourth-order valence-electron chi connectivity index (χ4n) is 2.06. The monoisotopic (exact) mass is 284 g/mol. The molecule has 0 unspecified atom stereocenters. The first-order valence-electron chi connectivity index (χ1n) is 5.49. The quantitative estimate of drug-likeness (QED) is 0.614. The van der Waals surface area contributed by atoms with Gasteiger partial charge in [0.25, 0.3) is 0 Å². The Kier molecular flexibility index (Phi) is 3.53. The average molecular weight is 285 g/mol. The molecule has 7 heteroatoms. The predicted octanol–water partition coefficient (Wildman–Crippen LogP) is 2.40. The lowest BCUT2D eigenvalue weighted by atomic mass is 9.87. The maximum Gasteiger partial charge on any atom is 0.221 e. The summed E-state index contributed by atoms with van der Waals surface area (Å²) < 4.78 is 13.6. The second-order valence-electron chi connectivity index (χ2n) is 4.13. The van der Waals surface area contributed by atoms with E-state index in [1.807, 2.05) is 0 Å². The second-order valence-corrected chi connectivity index (χ2v) is 4.51. The first-order valence-corrected chi connectivity index (χ1v) is 5.87. The number of amides is 1. The number of oxime groups is 1. The van der Waals surface area contributed by atoms with Crippen molar-refractivity contribution in [3.05, 3.63) is 28.0 Å². The molecule has 1 aliphatic carbocycles. The zero-order valence-electron chi connectivity index (χ0n) is 9.96. The van der Waals surface area contributed by atoms with Gasteiger partial charge in [-0.3, -0.25) is 9.59 Å². The molecule has 0 spiro atoms. The Balaban J connectivity index is 2.67. The minimum absolute atomic E-state index is 0.0373. The molecular formula is C12H10ClFN2O3. The number of fused-ring (bicyclic) bond motifs is 1. The topological polar surface area (TPSA) is 78.8 Å². The van der Waals surface area contributed by atoms with Gasteiger partial charge in [-0.2, -0.15) is 0 Å². The van der Waals surface area contributed by atoms with E-state index >= 15 is 0 Å². The summed E-state index contributed by atoms with van der Waals surface area (Å²) in [6.45, 7) is 1.24. The highest BCUT2D eigenvalue weighted by Crippen LogP contribution is 2.34. The van der Waals surface area contributed by atoms with Crippen LogP contribution < -0.4 is 5.32 Å². The van der Waals surface area contributed by atoms with Gasteiger partial charge in [0.2, 0.25) is 11.7 Å². The van der Waals surface area contributed by atoms with E-state index in [4.69, 9.17) is 16.8 Å². The standard InChI is InChI=1S/C12H10ClFN2O3/c1-5(17)15-9-4-7(14)11(13)6-2-3-8(16-19)12(18)10(6)9/h4,19H,2-3H2,1H3,(H,15,17)/b16-8-. The van der Waals surface area contributed by atoms with Crippen LogP contribution >= 0.6 is 11.6 Å². The predicted molar refractivity (Wildman–Crippen MR) is 67.6 cm³/mol. The molecule has 1 amide bonds. The van der Waals surface area contributed by atoms with Crippen molar-refractivity contribution in [1.82, 2.24) is 0 Å². The van der Waals surface area contributed by atoms with Crippen molar-refractivity contribution in [1.29, 1.82) is 0 Å². The van der Waals surface area contributed by atoms with Gasteiger partial charge in [0.1, 0.15) is 11.5 Å². The van der Waals surface area contributed by atoms with Gasteiger partial charge < -0.3 is 10.5 Å². The molecule has 0 aromatic heterocycles. The van der Waals surface area contributed by atoms with E-state index in [2.05, 4.69) is 10.5 Å². The largest absolute Gasteiger partial charge is 0.411 e. The van der Waals surface area contributed by atoms with Crippen molar-refractivity contribution in [3.63, 3.8) is 0 Å². The Morgan fingerprint density at radius 1 is 1.53 bits per heavy atom. The summed E-state index contributed by atoms with van der Waals surface area (Å²) in [6, 6.07) is 0.987. The van der Waals surface area contributed by atoms with Crippen LogP contribution in [0.2, 0.25) is 5.02 Å². The number of halogens is 2. The van der Waals surface area contributed by atoms with Crippen molar-refractivity contribution in [2.24, 2.45) is 5.16 Å².